The zero-order chi connectivity index (χ0) is 22.7. The molecule has 2 heterocycles. The molecule has 164 valence electrons. The van der Waals surface area contributed by atoms with Crippen LogP contribution in [0.2, 0.25) is 0 Å². The Morgan fingerprint density at radius 1 is 1.25 bits per heavy atom. The van der Waals surface area contributed by atoms with E-state index >= 15 is 0 Å². The number of amides is 1. The third-order valence-electron chi connectivity index (χ3n) is 6.16. The van der Waals surface area contributed by atoms with Gasteiger partial charge in [-0.25, -0.2) is 9.97 Å². The maximum atomic E-state index is 12.9. The van der Waals surface area contributed by atoms with Crippen molar-refractivity contribution in [3.8, 4) is 11.3 Å². The van der Waals surface area contributed by atoms with Gasteiger partial charge in [-0.15, -0.1) is 0 Å². The lowest BCUT2D eigenvalue weighted by atomic mass is 9.88. The highest BCUT2D eigenvalue weighted by Gasteiger charge is 2.17. The van der Waals surface area contributed by atoms with Crippen LogP contribution in [0.25, 0.3) is 22.0 Å². The highest BCUT2D eigenvalue weighted by atomic mass is 16.1. The molecule has 0 aliphatic heterocycles. The lowest BCUT2D eigenvalue weighted by Gasteiger charge is -2.24. The lowest BCUT2D eigenvalue weighted by molar-refractivity contribution is -0.112. The minimum absolute atomic E-state index is 0.203. The molecule has 0 saturated carbocycles. The Balaban J connectivity index is 1.57. The van der Waals surface area contributed by atoms with Crippen LogP contribution < -0.4 is 10.6 Å². The SMILES string of the molecule is C=C/C(=C\C1=C(C)CC(NC)CC1)C(=O)Nc1cc2cc(-c3cncn3C)ccc2cn1. The number of hydrogen-bond donors (Lipinski definition) is 2. The molecular weight excluding hydrogens is 398 g/mol. The number of carbonyl (C=O) groups is 1. The summed E-state index contributed by atoms with van der Waals surface area (Å²) in [6.45, 7) is 5.99. The van der Waals surface area contributed by atoms with Crippen LogP contribution in [0.15, 0.2) is 78.4 Å². The first kappa shape index (κ1) is 21.7. The number of aryl methyl sites for hydroxylation is 1. The summed E-state index contributed by atoms with van der Waals surface area (Å²) < 4.78 is 1.98. The van der Waals surface area contributed by atoms with E-state index in [9.17, 15) is 4.79 Å². The number of imidazole rings is 1. The number of fused-ring (bicyclic) bond motifs is 1. The molecule has 6 heteroatoms. The molecule has 6 nitrogen and oxygen atoms in total. The smallest absolute Gasteiger partial charge is 0.256 e. The largest absolute Gasteiger partial charge is 0.334 e. The number of allylic oxidation sites excluding steroid dienone is 2. The fourth-order valence-corrected chi connectivity index (χ4v) is 4.19. The summed E-state index contributed by atoms with van der Waals surface area (Å²) in [6, 6.07) is 8.57. The van der Waals surface area contributed by atoms with Crippen molar-refractivity contribution in [2.24, 2.45) is 7.05 Å². The first-order valence-electron chi connectivity index (χ1n) is 10.9. The van der Waals surface area contributed by atoms with Gasteiger partial charge in [0.05, 0.1) is 18.2 Å². The quantitative estimate of drug-likeness (QED) is 0.439. The molecule has 0 fully saturated rings. The molecule has 1 unspecified atom stereocenters. The van der Waals surface area contributed by atoms with Gasteiger partial charge in [0.15, 0.2) is 0 Å². The zero-order valence-corrected chi connectivity index (χ0v) is 18.9. The van der Waals surface area contributed by atoms with Gasteiger partial charge in [-0.2, -0.15) is 0 Å². The van der Waals surface area contributed by atoms with E-state index in [1.807, 2.05) is 43.1 Å². The second-order valence-corrected chi connectivity index (χ2v) is 8.31. The van der Waals surface area contributed by atoms with Crippen LogP contribution in [-0.2, 0) is 11.8 Å². The van der Waals surface area contributed by atoms with Gasteiger partial charge in [-0.05, 0) is 62.4 Å². The van der Waals surface area contributed by atoms with Crippen molar-refractivity contribution in [2.45, 2.75) is 32.2 Å². The fraction of sp³-hybridized carbons (Fsp3) is 0.269. The van der Waals surface area contributed by atoms with Gasteiger partial charge in [0.25, 0.3) is 5.91 Å². The molecule has 1 aliphatic carbocycles. The van der Waals surface area contributed by atoms with Gasteiger partial charge in [-0.3, -0.25) is 4.79 Å². The summed E-state index contributed by atoms with van der Waals surface area (Å²) in [7, 11) is 3.97. The normalized spacial score (nSPS) is 17.0. The summed E-state index contributed by atoms with van der Waals surface area (Å²) in [5.74, 6) is 0.313. The Morgan fingerprint density at radius 2 is 2.09 bits per heavy atom. The number of nitrogens with zero attached hydrogens (tertiary/aromatic N) is 3. The van der Waals surface area contributed by atoms with E-state index < -0.39 is 0 Å². The molecule has 1 atom stereocenters. The number of aromatic nitrogens is 3. The van der Waals surface area contributed by atoms with Gasteiger partial charge in [0.2, 0.25) is 0 Å². The van der Waals surface area contributed by atoms with E-state index in [-0.39, 0.29) is 5.91 Å². The summed E-state index contributed by atoms with van der Waals surface area (Å²) in [5.41, 5.74) is 5.17. The van der Waals surface area contributed by atoms with Crippen LogP contribution in [0.1, 0.15) is 26.2 Å². The van der Waals surface area contributed by atoms with Gasteiger partial charge in [0.1, 0.15) is 5.82 Å². The number of carbonyl (C=O) groups excluding carboxylic acids is 1. The predicted molar refractivity (Wildman–Crippen MR) is 130 cm³/mol. The average molecular weight is 428 g/mol. The standard InChI is InChI=1S/C26H29N5O/c1-5-18(11-19-8-9-23(27-3)10-17(19)2)26(32)30-25-13-22-12-20(6-7-21(22)14-29-25)24-15-28-16-31(24)4/h5-7,11-16,23,27H,1,8-10H2,2-4H3,(H,29,30,32)/b18-11+. The summed E-state index contributed by atoms with van der Waals surface area (Å²) in [4.78, 5) is 21.6. The Morgan fingerprint density at radius 3 is 2.78 bits per heavy atom. The topological polar surface area (TPSA) is 71.8 Å². The third kappa shape index (κ3) is 4.55. The molecule has 4 rings (SSSR count). The van der Waals surface area contributed by atoms with Crippen LogP contribution >= 0.6 is 0 Å². The van der Waals surface area contributed by atoms with Gasteiger partial charge in [0, 0.05) is 35.8 Å². The van der Waals surface area contributed by atoms with Crippen molar-refractivity contribution in [1.82, 2.24) is 19.9 Å². The molecule has 2 aromatic heterocycles. The van der Waals surface area contributed by atoms with Crippen molar-refractivity contribution in [2.75, 3.05) is 12.4 Å². The Hall–Kier alpha value is -3.51. The third-order valence-corrected chi connectivity index (χ3v) is 6.16. The highest BCUT2D eigenvalue weighted by molar-refractivity contribution is 6.06. The summed E-state index contributed by atoms with van der Waals surface area (Å²) in [5, 5.41) is 8.29. The van der Waals surface area contributed by atoms with Crippen LogP contribution in [0.3, 0.4) is 0 Å². The first-order chi connectivity index (χ1) is 15.5. The monoisotopic (exact) mass is 427 g/mol. The second kappa shape index (κ2) is 9.32. The van der Waals surface area contributed by atoms with Crippen molar-refractivity contribution >= 4 is 22.5 Å². The number of hydrogen-bond acceptors (Lipinski definition) is 4. The second-order valence-electron chi connectivity index (χ2n) is 8.31. The van der Waals surface area contributed by atoms with E-state index in [0.29, 0.717) is 17.4 Å². The summed E-state index contributed by atoms with van der Waals surface area (Å²) in [6.07, 6.45) is 12.0. The molecule has 3 aromatic rings. The molecule has 1 aliphatic rings. The van der Waals surface area contributed by atoms with E-state index in [4.69, 9.17) is 0 Å². The van der Waals surface area contributed by atoms with Gasteiger partial charge < -0.3 is 15.2 Å². The maximum absolute atomic E-state index is 12.9. The fourth-order valence-electron chi connectivity index (χ4n) is 4.19. The van der Waals surface area contributed by atoms with Crippen LogP contribution in [-0.4, -0.2) is 33.5 Å². The minimum atomic E-state index is -0.203. The first-order valence-corrected chi connectivity index (χ1v) is 10.9. The zero-order valence-electron chi connectivity index (χ0n) is 18.9. The molecule has 0 spiro atoms. The minimum Gasteiger partial charge on any atom is -0.334 e. The van der Waals surface area contributed by atoms with Gasteiger partial charge in [-0.1, -0.05) is 30.4 Å². The molecule has 0 bridgehead atoms. The number of anilines is 1. The molecule has 32 heavy (non-hydrogen) atoms. The number of benzene rings is 1. The maximum Gasteiger partial charge on any atom is 0.256 e. The highest BCUT2D eigenvalue weighted by Crippen LogP contribution is 2.28. The van der Waals surface area contributed by atoms with E-state index in [1.54, 1.807) is 18.6 Å². The van der Waals surface area contributed by atoms with Gasteiger partial charge >= 0.3 is 0 Å². The van der Waals surface area contributed by atoms with Crippen molar-refractivity contribution in [3.63, 3.8) is 0 Å². The van der Waals surface area contributed by atoms with E-state index in [2.05, 4.69) is 46.2 Å². The molecule has 1 amide bonds. The summed E-state index contributed by atoms with van der Waals surface area (Å²) >= 11 is 0. The van der Waals surface area contributed by atoms with Crippen molar-refractivity contribution in [1.29, 1.82) is 0 Å². The molecule has 0 saturated heterocycles. The number of nitrogens with one attached hydrogen (secondary N) is 2. The van der Waals surface area contributed by atoms with Crippen LogP contribution in [0.5, 0.6) is 0 Å². The Kier molecular flexibility index (Phi) is 6.32. The van der Waals surface area contributed by atoms with Crippen molar-refractivity contribution < 1.29 is 4.79 Å². The predicted octanol–water partition coefficient (Wildman–Crippen LogP) is 4.77. The van der Waals surface area contributed by atoms with Crippen LogP contribution in [0, 0.1) is 0 Å². The van der Waals surface area contributed by atoms with E-state index in [0.717, 1.165) is 41.3 Å². The number of rotatable bonds is 6. The number of pyridine rings is 1. The van der Waals surface area contributed by atoms with E-state index in [1.165, 1.54) is 11.1 Å². The molecule has 2 N–H and O–H groups in total. The Bertz CT molecular complexity index is 1230. The molecule has 0 radical (unpaired) electrons. The average Bonchev–Trinajstić information content (AvgIpc) is 3.23. The lowest BCUT2D eigenvalue weighted by Crippen LogP contribution is -2.28. The molecule has 1 aromatic carbocycles. The van der Waals surface area contributed by atoms with Crippen LogP contribution in [0.4, 0.5) is 5.82 Å². The Labute approximate surface area is 188 Å². The molecular formula is C26H29N5O. The van der Waals surface area contributed by atoms with Crippen molar-refractivity contribution in [3.05, 3.63) is 78.4 Å².